The van der Waals surface area contributed by atoms with E-state index in [0.29, 0.717) is 6.54 Å². The summed E-state index contributed by atoms with van der Waals surface area (Å²) < 4.78 is 0. The standard InChI is InChI=1S/C12H17NO/c1-8-2-3-9-4-5-12(14)11(7-13)10(9)6-8/h2-3,6,11-12,14H,4-5,7,13H2,1H3. The summed E-state index contributed by atoms with van der Waals surface area (Å²) in [5, 5.41) is 9.83. The number of rotatable bonds is 1. The van der Waals surface area contributed by atoms with E-state index in [4.69, 9.17) is 5.73 Å². The molecule has 1 aliphatic carbocycles. The first-order chi connectivity index (χ1) is 6.72. The van der Waals surface area contributed by atoms with Crippen LogP contribution in [0.5, 0.6) is 0 Å². The fraction of sp³-hybridized carbons (Fsp3) is 0.500. The predicted molar refractivity (Wildman–Crippen MR) is 57.3 cm³/mol. The summed E-state index contributed by atoms with van der Waals surface area (Å²) in [5.41, 5.74) is 9.56. The van der Waals surface area contributed by atoms with E-state index in [2.05, 4.69) is 25.1 Å². The van der Waals surface area contributed by atoms with Gasteiger partial charge < -0.3 is 10.8 Å². The van der Waals surface area contributed by atoms with Gasteiger partial charge in [0.05, 0.1) is 6.10 Å². The van der Waals surface area contributed by atoms with E-state index in [1.807, 2.05) is 0 Å². The molecule has 14 heavy (non-hydrogen) atoms. The smallest absolute Gasteiger partial charge is 0.0624 e. The lowest BCUT2D eigenvalue weighted by Gasteiger charge is -2.29. The van der Waals surface area contributed by atoms with Gasteiger partial charge in [-0.1, -0.05) is 23.8 Å². The number of aliphatic hydroxyl groups is 1. The fourth-order valence-electron chi connectivity index (χ4n) is 2.28. The lowest BCUT2D eigenvalue weighted by molar-refractivity contribution is 0.128. The summed E-state index contributed by atoms with van der Waals surface area (Å²) in [6, 6.07) is 6.46. The van der Waals surface area contributed by atoms with Crippen molar-refractivity contribution in [2.45, 2.75) is 31.8 Å². The molecule has 1 aliphatic rings. The van der Waals surface area contributed by atoms with E-state index < -0.39 is 0 Å². The SMILES string of the molecule is Cc1ccc2c(c1)C(CN)C(O)CC2. The highest BCUT2D eigenvalue weighted by atomic mass is 16.3. The predicted octanol–water partition coefficient (Wildman–Crippen LogP) is 1.34. The third-order valence-electron chi connectivity index (χ3n) is 3.13. The highest BCUT2D eigenvalue weighted by Gasteiger charge is 2.26. The van der Waals surface area contributed by atoms with E-state index in [1.165, 1.54) is 16.7 Å². The zero-order valence-corrected chi connectivity index (χ0v) is 8.53. The minimum Gasteiger partial charge on any atom is -0.392 e. The Bertz CT molecular complexity index is 335. The lowest BCUT2D eigenvalue weighted by Crippen LogP contribution is -2.30. The molecule has 3 N–H and O–H groups in total. The molecule has 0 aromatic heterocycles. The van der Waals surface area contributed by atoms with E-state index in [0.717, 1.165) is 12.8 Å². The number of hydrogen-bond acceptors (Lipinski definition) is 2. The van der Waals surface area contributed by atoms with Crippen molar-refractivity contribution in [3.63, 3.8) is 0 Å². The van der Waals surface area contributed by atoms with Gasteiger partial charge in [-0.25, -0.2) is 0 Å². The maximum absolute atomic E-state index is 9.83. The molecule has 0 heterocycles. The second-order valence-electron chi connectivity index (χ2n) is 4.15. The lowest BCUT2D eigenvalue weighted by atomic mass is 9.80. The Kier molecular flexibility index (Phi) is 2.57. The third kappa shape index (κ3) is 1.56. The quantitative estimate of drug-likeness (QED) is 0.703. The second kappa shape index (κ2) is 3.71. The van der Waals surface area contributed by atoms with Crippen LogP contribution < -0.4 is 5.73 Å². The molecule has 2 unspecified atom stereocenters. The Labute approximate surface area is 84.7 Å². The Hall–Kier alpha value is -0.860. The minimum atomic E-state index is -0.255. The van der Waals surface area contributed by atoms with Gasteiger partial charge in [0.25, 0.3) is 0 Å². The van der Waals surface area contributed by atoms with Crippen LogP contribution in [-0.2, 0) is 6.42 Å². The number of benzene rings is 1. The molecule has 0 saturated carbocycles. The summed E-state index contributed by atoms with van der Waals surface area (Å²) in [4.78, 5) is 0. The number of aliphatic hydroxyl groups excluding tert-OH is 1. The molecular weight excluding hydrogens is 174 g/mol. The Balaban J connectivity index is 2.43. The summed E-state index contributed by atoms with van der Waals surface area (Å²) >= 11 is 0. The van der Waals surface area contributed by atoms with Gasteiger partial charge in [-0.2, -0.15) is 0 Å². The van der Waals surface area contributed by atoms with Crippen molar-refractivity contribution in [1.82, 2.24) is 0 Å². The summed E-state index contributed by atoms with van der Waals surface area (Å²) in [6.07, 6.45) is 1.57. The van der Waals surface area contributed by atoms with Crippen LogP contribution in [0.4, 0.5) is 0 Å². The molecule has 2 rings (SSSR count). The van der Waals surface area contributed by atoms with Crippen molar-refractivity contribution in [2.24, 2.45) is 5.73 Å². The van der Waals surface area contributed by atoms with Crippen LogP contribution in [0.15, 0.2) is 18.2 Å². The van der Waals surface area contributed by atoms with Crippen molar-refractivity contribution in [2.75, 3.05) is 6.54 Å². The first-order valence-electron chi connectivity index (χ1n) is 5.20. The molecule has 1 aromatic carbocycles. The monoisotopic (exact) mass is 191 g/mol. The molecule has 1 aromatic rings. The van der Waals surface area contributed by atoms with E-state index in [9.17, 15) is 5.11 Å². The van der Waals surface area contributed by atoms with E-state index in [1.54, 1.807) is 0 Å². The first kappa shape index (κ1) is 9.69. The van der Waals surface area contributed by atoms with Gasteiger partial charge in [-0.05, 0) is 30.9 Å². The van der Waals surface area contributed by atoms with Gasteiger partial charge in [0.2, 0.25) is 0 Å². The van der Waals surface area contributed by atoms with E-state index >= 15 is 0 Å². The molecule has 0 saturated heterocycles. The Morgan fingerprint density at radius 3 is 3.00 bits per heavy atom. The molecule has 0 bridgehead atoms. The molecular formula is C12H17NO. The molecule has 2 atom stereocenters. The highest BCUT2D eigenvalue weighted by molar-refractivity contribution is 5.37. The number of aryl methyl sites for hydroxylation is 2. The zero-order valence-electron chi connectivity index (χ0n) is 8.53. The maximum atomic E-state index is 9.83. The molecule has 0 amide bonds. The average molecular weight is 191 g/mol. The van der Waals surface area contributed by atoms with Crippen molar-refractivity contribution in [3.8, 4) is 0 Å². The van der Waals surface area contributed by atoms with Crippen molar-refractivity contribution in [3.05, 3.63) is 34.9 Å². The highest BCUT2D eigenvalue weighted by Crippen LogP contribution is 2.31. The number of nitrogens with two attached hydrogens (primary N) is 1. The molecule has 0 radical (unpaired) electrons. The normalized spacial score (nSPS) is 25.9. The number of hydrogen-bond donors (Lipinski definition) is 2. The fourth-order valence-corrected chi connectivity index (χ4v) is 2.28. The summed E-state index contributed by atoms with van der Waals surface area (Å²) in [6.45, 7) is 2.62. The Morgan fingerprint density at radius 1 is 1.50 bits per heavy atom. The second-order valence-corrected chi connectivity index (χ2v) is 4.15. The van der Waals surface area contributed by atoms with Gasteiger partial charge in [0, 0.05) is 12.5 Å². The van der Waals surface area contributed by atoms with Gasteiger partial charge in [0.15, 0.2) is 0 Å². The van der Waals surface area contributed by atoms with Crippen LogP contribution in [0.25, 0.3) is 0 Å². The van der Waals surface area contributed by atoms with Crippen molar-refractivity contribution < 1.29 is 5.11 Å². The van der Waals surface area contributed by atoms with Crippen molar-refractivity contribution >= 4 is 0 Å². The first-order valence-corrected chi connectivity index (χ1v) is 5.20. The molecule has 0 aliphatic heterocycles. The molecule has 0 spiro atoms. The average Bonchev–Trinajstić information content (AvgIpc) is 2.17. The van der Waals surface area contributed by atoms with Gasteiger partial charge in [0.1, 0.15) is 0 Å². The summed E-state index contributed by atoms with van der Waals surface area (Å²) in [5.74, 6) is 0.138. The molecule has 76 valence electrons. The van der Waals surface area contributed by atoms with Crippen LogP contribution in [0.3, 0.4) is 0 Å². The van der Waals surface area contributed by atoms with Crippen LogP contribution in [0.2, 0.25) is 0 Å². The van der Waals surface area contributed by atoms with Crippen molar-refractivity contribution in [1.29, 1.82) is 0 Å². The van der Waals surface area contributed by atoms with Crippen LogP contribution in [0.1, 0.15) is 29.0 Å². The molecule has 0 fully saturated rings. The maximum Gasteiger partial charge on any atom is 0.0624 e. The van der Waals surface area contributed by atoms with Gasteiger partial charge in [-0.15, -0.1) is 0 Å². The Morgan fingerprint density at radius 2 is 2.29 bits per heavy atom. The summed E-state index contributed by atoms with van der Waals surface area (Å²) in [7, 11) is 0. The van der Waals surface area contributed by atoms with Gasteiger partial charge >= 0.3 is 0 Å². The van der Waals surface area contributed by atoms with Crippen LogP contribution >= 0.6 is 0 Å². The number of fused-ring (bicyclic) bond motifs is 1. The third-order valence-corrected chi connectivity index (χ3v) is 3.13. The topological polar surface area (TPSA) is 46.2 Å². The van der Waals surface area contributed by atoms with Crippen LogP contribution in [-0.4, -0.2) is 17.8 Å². The molecule has 2 nitrogen and oxygen atoms in total. The molecule has 2 heteroatoms. The van der Waals surface area contributed by atoms with E-state index in [-0.39, 0.29) is 12.0 Å². The van der Waals surface area contributed by atoms with Gasteiger partial charge in [-0.3, -0.25) is 0 Å². The largest absolute Gasteiger partial charge is 0.392 e. The zero-order chi connectivity index (χ0) is 10.1. The van der Waals surface area contributed by atoms with Crippen LogP contribution in [0, 0.1) is 6.92 Å². The minimum absolute atomic E-state index is 0.138.